The molecule has 0 aliphatic carbocycles. The van der Waals surface area contributed by atoms with Crippen molar-refractivity contribution >= 4 is 27.3 Å². The number of carbonyl (C=O) groups is 1. The Kier molecular flexibility index (Phi) is 7.28. The molecule has 140 valence electrons. The van der Waals surface area contributed by atoms with Crippen LogP contribution in [0.1, 0.15) is 42.5 Å². The fourth-order valence-corrected chi connectivity index (χ4v) is 4.84. The van der Waals surface area contributed by atoms with Crippen LogP contribution in [0.5, 0.6) is 0 Å². The van der Waals surface area contributed by atoms with Gasteiger partial charge in [0.25, 0.3) is 5.91 Å². The first-order valence-electron chi connectivity index (χ1n) is 8.76. The molecule has 25 heavy (non-hydrogen) atoms. The Hall–Kier alpha value is -1.11. The van der Waals surface area contributed by atoms with E-state index < -0.39 is 9.84 Å². The summed E-state index contributed by atoms with van der Waals surface area (Å²) in [4.78, 5) is 13.6. The van der Waals surface area contributed by atoms with Crippen molar-refractivity contribution in [2.24, 2.45) is 5.92 Å². The van der Waals surface area contributed by atoms with Gasteiger partial charge in [-0.05, 0) is 56.5 Å². The average molecular weight is 387 g/mol. The van der Waals surface area contributed by atoms with Crippen LogP contribution in [0, 0.1) is 5.92 Å². The molecule has 0 spiro atoms. The van der Waals surface area contributed by atoms with Gasteiger partial charge in [0, 0.05) is 14.1 Å². The van der Waals surface area contributed by atoms with Crippen molar-refractivity contribution in [2.45, 2.75) is 37.0 Å². The van der Waals surface area contributed by atoms with Crippen LogP contribution < -0.4 is 5.32 Å². The second kappa shape index (κ2) is 9.01. The van der Waals surface area contributed by atoms with Crippen LogP contribution in [0.4, 0.5) is 0 Å². The third-order valence-electron chi connectivity index (χ3n) is 4.67. The topological polar surface area (TPSA) is 66.5 Å². The molecule has 0 unspecified atom stereocenters. The summed E-state index contributed by atoms with van der Waals surface area (Å²) < 4.78 is 25.0. The van der Waals surface area contributed by atoms with E-state index in [2.05, 4.69) is 5.32 Å². The minimum atomic E-state index is -3.37. The highest BCUT2D eigenvalue weighted by Gasteiger charge is 2.19. The van der Waals surface area contributed by atoms with Gasteiger partial charge >= 0.3 is 0 Å². The van der Waals surface area contributed by atoms with Crippen molar-refractivity contribution in [2.75, 3.05) is 32.9 Å². The number of hydrogen-bond donors (Lipinski definition) is 1. The highest BCUT2D eigenvalue weighted by atomic mass is 35.5. The van der Waals surface area contributed by atoms with E-state index in [0.717, 1.165) is 31.8 Å². The number of rotatable bonds is 7. The number of benzene rings is 1. The monoisotopic (exact) mass is 386 g/mol. The average Bonchev–Trinajstić information content (AvgIpc) is 2.59. The van der Waals surface area contributed by atoms with E-state index >= 15 is 0 Å². The number of amides is 1. The molecule has 0 bridgehead atoms. The number of hydrogen-bond acceptors (Lipinski definition) is 4. The summed E-state index contributed by atoms with van der Waals surface area (Å²) in [5, 5.41) is 3.52. The zero-order chi connectivity index (χ0) is 18.4. The van der Waals surface area contributed by atoms with Crippen molar-refractivity contribution in [3.05, 3.63) is 28.8 Å². The normalized spacial score (nSPS) is 16.0. The maximum Gasteiger partial charge on any atom is 0.254 e. The molecule has 1 saturated heterocycles. The molecule has 1 aromatic rings. The number of nitrogens with zero attached hydrogens (tertiary/aromatic N) is 1. The standard InChI is InChI=1S/C18H27ClN2O3S/c1-21(2)18(22)16-7-6-15(13-17(16)19)25(23,24)12-4-3-5-14-8-10-20-11-9-14/h6-7,13-14,20H,3-5,8-12H2,1-2H3. The predicted octanol–water partition coefficient (Wildman–Crippen LogP) is 2.99. The minimum Gasteiger partial charge on any atom is -0.345 e. The molecule has 1 aliphatic heterocycles. The van der Waals surface area contributed by atoms with Crippen molar-refractivity contribution in [3.8, 4) is 0 Å². The van der Waals surface area contributed by atoms with Crippen molar-refractivity contribution in [3.63, 3.8) is 0 Å². The Labute approximate surface area is 155 Å². The van der Waals surface area contributed by atoms with Crippen LogP contribution in [0.3, 0.4) is 0 Å². The third-order valence-corrected chi connectivity index (χ3v) is 6.78. The molecule has 1 N–H and O–H groups in total. The van der Waals surface area contributed by atoms with Gasteiger partial charge in [0.2, 0.25) is 0 Å². The van der Waals surface area contributed by atoms with Crippen LogP contribution >= 0.6 is 11.6 Å². The van der Waals surface area contributed by atoms with E-state index in [4.69, 9.17) is 11.6 Å². The summed E-state index contributed by atoms with van der Waals surface area (Å²) in [6, 6.07) is 4.36. The number of sulfone groups is 1. The second-order valence-corrected chi connectivity index (χ2v) is 9.37. The summed E-state index contributed by atoms with van der Waals surface area (Å²) >= 11 is 6.12. The van der Waals surface area contributed by atoms with Gasteiger partial charge < -0.3 is 10.2 Å². The van der Waals surface area contributed by atoms with Crippen LogP contribution in [-0.4, -0.2) is 52.2 Å². The van der Waals surface area contributed by atoms with Gasteiger partial charge in [-0.15, -0.1) is 0 Å². The molecule has 1 fully saturated rings. The van der Waals surface area contributed by atoms with Gasteiger partial charge in [-0.2, -0.15) is 0 Å². The van der Waals surface area contributed by atoms with Crippen molar-refractivity contribution in [1.29, 1.82) is 0 Å². The molecule has 5 nitrogen and oxygen atoms in total. The summed E-state index contributed by atoms with van der Waals surface area (Å²) in [5.74, 6) is 0.598. The fourth-order valence-electron chi connectivity index (χ4n) is 3.12. The zero-order valence-electron chi connectivity index (χ0n) is 14.9. The van der Waals surface area contributed by atoms with Gasteiger partial charge in [-0.3, -0.25) is 4.79 Å². The lowest BCUT2D eigenvalue weighted by Crippen LogP contribution is -2.27. The van der Waals surface area contributed by atoms with Crippen molar-refractivity contribution in [1.82, 2.24) is 10.2 Å². The largest absolute Gasteiger partial charge is 0.345 e. The molecule has 1 amide bonds. The van der Waals surface area contributed by atoms with Crippen LogP contribution in [0.2, 0.25) is 5.02 Å². The van der Waals surface area contributed by atoms with E-state index in [9.17, 15) is 13.2 Å². The molecule has 1 heterocycles. The molecule has 1 aromatic carbocycles. The first kappa shape index (κ1) is 20.2. The van der Waals surface area contributed by atoms with E-state index in [1.54, 1.807) is 14.1 Å². The molecular formula is C18H27ClN2O3S. The quantitative estimate of drug-likeness (QED) is 0.731. The fraction of sp³-hybridized carbons (Fsp3) is 0.611. The van der Waals surface area contributed by atoms with Gasteiger partial charge in [0.15, 0.2) is 9.84 Å². The molecular weight excluding hydrogens is 360 g/mol. The third kappa shape index (κ3) is 5.69. The first-order chi connectivity index (χ1) is 11.8. The second-order valence-electron chi connectivity index (χ2n) is 6.85. The number of carbonyl (C=O) groups excluding carboxylic acids is 1. The molecule has 0 aromatic heterocycles. The predicted molar refractivity (Wildman–Crippen MR) is 101 cm³/mol. The van der Waals surface area contributed by atoms with Gasteiger partial charge in [-0.1, -0.05) is 24.4 Å². The van der Waals surface area contributed by atoms with Gasteiger partial charge in [0.05, 0.1) is 21.2 Å². The summed E-state index contributed by atoms with van der Waals surface area (Å²) in [6.07, 6.45) is 5.04. The molecule has 1 aliphatic rings. The lowest BCUT2D eigenvalue weighted by Gasteiger charge is -2.22. The Balaban J connectivity index is 1.92. The Morgan fingerprint density at radius 3 is 2.52 bits per heavy atom. The number of nitrogens with one attached hydrogen (secondary N) is 1. The molecule has 7 heteroatoms. The summed E-state index contributed by atoms with van der Waals surface area (Å²) in [7, 11) is -0.109. The van der Waals surface area contributed by atoms with Crippen molar-refractivity contribution < 1.29 is 13.2 Å². The van der Waals surface area contributed by atoms with Crippen LogP contribution in [0.25, 0.3) is 0 Å². The molecule has 0 atom stereocenters. The lowest BCUT2D eigenvalue weighted by molar-refractivity contribution is 0.0827. The Morgan fingerprint density at radius 1 is 1.24 bits per heavy atom. The van der Waals surface area contributed by atoms with E-state index in [0.29, 0.717) is 12.0 Å². The van der Waals surface area contributed by atoms with E-state index in [-0.39, 0.29) is 21.6 Å². The smallest absolute Gasteiger partial charge is 0.254 e. The molecule has 0 radical (unpaired) electrons. The van der Waals surface area contributed by atoms with Crippen LogP contribution in [-0.2, 0) is 9.84 Å². The minimum absolute atomic E-state index is 0.120. The number of halogens is 1. The molecule has 0 saturated carbocycles. The maximum atomic E-state index is 12.5. The SMILES string of the molecule is CN(C)C(=O)c1ccc(S(=O)(=O)CCCCC2CCNCC2)cc1Cl. The number of unbranched alkanes of at least 4 members (excludes halogenated alkanes) is 1. The molecule has 2 rings (SSSR count). The summed E-state index contributed by atoms with van der Waals surface area (Å²) in [5.41, 5.74) is 0.316. The summed E-state index contributed by atoms with van der Waals surface area (Å²) in [6.45, 7) is 2.14. The van der Waals surface area contributed by atoms with Gasteiger partial charge in [0.1, 0.15) is 0 Å². The lowest BCUT2D eigenvalue weighted by atomic mass is 9.93. The van der Waals surface area contributed by atoms with E-state index in [1.807, 2.05) is 0 Å². The Bertz CT molecular complexity index is 698. The highest BCUT2D eigenvalue weighted by Crippen LogP contribution is 2.24. The van der Waals surface area contributed by atoms with Crippen LogP contribution in [0.15, 0.2) is 23.1 Å². The first-order valence-corrected chi connectivity index (χ1v) is 10.8. The number of piperidine rings is 1. The van der Waals surface area contributed by atoms with E-state index in [1.165, 1.54) is 35.9 Å². The zero-order valence-corrected chi connectivity index (χ0v) is 16.5. The maximum absolute atomic E-state index is 12.5. The van der Waals surface area contributed by atoms with Gasteiger partial charge in [-0.25, -0.2) is 8.42 Å². The highest BCUT2D eigenvalue weighted by molar-refractivity contribution is 7.91. The Morgan fingerprint density at radius 2 is 1.92 bits per heavy atom.